The zero-order valence-electron chi connectivity index (χ0n) is 13.4. The lowest BCUT2D eigenvalue weighted by Gasteiger charge is -2.09. The fourth-order valence-electron chi connectivity index (χ4n) is 2.07. The van der Waals surface area contributed by atoms with E-state index in [1.54, 1.807) is 30.3 Å². The van der Waals surface area contributed by atoms with Crippen LogP contribution in [0.4, 0.5) is 11.6 Å². The monoisotopic (exact) mass is 332 g/mol. The smallest absolute Gasteiger partial charge is 0.274 e. The van der Waals surface area contributed by atoms with Crippen LogP contribution in [0.2, 0.25) is 5.02 Å². The first-order valence-corrected chi connectivity index (χ1v) is 8.12. The molecule has 0 saturated heterocycles. The molecule has 6 heteroatoms. The van der Waals surface area contributed by atoms with Crippen LogP contribution in [0.15, 0.2) is 30.3 Å². The number of unbranched alkanes of at least 4 members (excludes halogenated alkanes) is 2. The number of carbonyl (C=O) groups excluding carboxylic acids is 1. The molecule has 0 aliphatic heterocycles. The summed E-state index contributed by atoms with van der Waals surface area (Å²) in [5, 5.41) is 6.59. The summed E-state index contributed by atoms with van der Waals surface area (Å²) in [6.07, 6.45) is 3.37. The molecule has 1 heterocycles. The molecule has 2 N–H and O–H groups in total. The summed E-state index contributed by atoms with van der Waals surface area (Å²) < 4.78 is 0. The van der Waals surface area contributed by atoms with Gasteiger partial charge in [0.1, 0.15) is 5.69 Å². The SMILES string of the molecule is CCCCCNc1nc(C)cc(C(=O)Nc2ccc(Cl)cc2)n1. The Morgan fingerprint density at radius 3 is 2.61 bits per heavy atom. The molecule has 2 rings (SSSR count). The lowest BCUT2D eigenvalue weighted by atomic mass is 10.2. The molecular weight excluding hydrogens is 312 g/mol. The number of aromatic nitrogens is 2. The van der Waals surface area contributed by atoms with Crippen LogP contribution >= 0.6 is 11.6 Å². The van der Waals surface area contributed by atoms with Crippen molar-refractivity contribution in [3.8, 4) is 0 Å². The predicted molar refractivity (Wildman–Crippen MR) is 94.2 cm³/mol. The summed E-state index contributed by atoms with van der Waals surface area (Å²) in [4.78, 5) is 20.9. The van der Waals surface area contributed by atoms with Crippen LogP contribution in [0.25, 0.3) is 0 Å². The molecule has 122 valence electrons. The highest BCUT2D eigenvalue weighted by Crippen LogP contribution is 2.15. The molecule has 0 bridgehead atoms. The average molecular weight is 333 g/mol. The molecule has 23 heavy (non-hydrogen) atoms. The van der Waals surface area contributed by atoms with Gasteiger partial charge in [0, 0.05) is 22.9 Å². The van der Waals surface area contributed by atoms with Crippen molar-refractivity contribution in [2.75, 3.05) is 17.2 Å². The molecule has 0 unspecified atom stereocenters. The second kappa shape index (κ2) is 8.48. The Bertz CT molecular complexity index is 658. The summed E-state index contributed by atoms with van der Waals surface area (Å²) in [5.41, 5.74) is 1.76. The van der Waals surface area contributed by atoms with Gasteiger partial charge >= 0.3 is 0 Å². The molecule has 0 saturated carbocycles. The zero-order valence-corrected chi connectivity index (χ0v) is 14.2. The van der Waals surface area contributed by atoms with Gasteiger partial charge < -0.3 is 10.6 Å². The number of hydrogen-bond donors (Lipinski definition) is 2. The molecule has 0 atom stereocenters. The molecule has 2 aromatic rings. The Morgan fingerprint density at radius 1 is 1.17 bits per heavy atom. The lowest BCUT2D eigenvalue weighted by molar-refractivity contribution is 0.102. The van der Waals surface area contributed by atoms with Crippen molar-refractivity contribution in [3.63, 3.8) is 0 Å². The predicted octanol–water partition coefficient (Wildman–Crippen LogP) is 4.29. The van der Waals surface area contributed by atoms with E-state index in [4.69, 9.17) is 11.6 Å². The molecule has 1 amide bonds. The van der Waals surface area contributed by atoms with E-state index < -0.39 is 0 Å². The maximum absolute atomic E-state index is 12.3. The van der Waals surface area contributed by atoms with E-state index in [9.17, 15) is 4.79 Å². The lowest BCUT2D eigenvalue weighted by Crippen LogP contribution is -2.16. The van der Waals surface area contributed by atoms with Gasteiger partial charge in [0.15, 0.2) is 0 Å². The molecule has 1 aromatic heterocycles. The molecule has 0 radical (unpaired) electrons. The summed E-state index contributed by atoms with van der Waals surface area (Å²) >= 11 is 5.84. The number of benzene rings is 1. The maximum Gasteiger partial charge on any atom is 0.274 e. The first-order chi connectivity index (χ1) is 11.1. The van der Waals surface area contributed by atoms with Gasteiger partial charge in [0.2, 0.25) is 5.95 Å². The molecule has 0 fully saturated rings. The Labute approximate surface area is 141 Å². The van der Waals surface area contributed by atoms with E-state index in [0.717, 1.165) is 31.5 Å². The minimum atomic E-state index is -0.269. The molecule has 5 nitrogen and oxygen atoms in total. The van der Waals surface area contributed by atoms with Crippen molar-refractivity contribution in [1.82, 2.24) is 9.97 Å². The molecule has 0 aliphatic carbocycles. The summed E-state index contributed by atoms with van der Waals surface area (Å²) in [5.74, 6) is 0.219. The van der Waals surface area contributed by atoms with Crippen molar-refractivity contribution in [1.29, 1.82) is 0 Å². The quantitative estimate of drug-likeness (QED) is 0.742. The van der Waals surface area contributed by atoms with Crippen LogP contribution < -0.4 is 10.6 Å². The summed E-state index contributed by atoms with van der Waals surface area (Å²) in [6, 6.07) is 8.62. The van der Waals surface area contributed by atoms with Gasteiger partial charge in [0.05, 0.1) is 0 Å². The third-order valence-corrected chi connectivity index (χ3v) is 3.50. The van der Waals surface area contributed by atoms with Crippen LogP contribution in [0, 0.1) is 6.92 Å². The van der Waals surface area contributed by atoms with E-state index in [1.165, 1.54) is 0 Å². The van der Waals surface area contributed by atoms with E-state index >= 15 is 0 Å². The number of nitrogens with zero attached hydrogens (tertiary/aromatic N) is 2. The number of nitrogens with one attached hydrogen (secondary N) is 2. The standard InChI is InChI=1S/C17H21ClN4O/c1-3-4-5-10-19-17-20-12(2)11-15(22-17)16(23)21-14-8-6-13(18)7-9-14/h6-9,11H,3-5,10H2,1-2H3,(H,21,23)(H,19,20,22). The summed E-state index contributed by atoms with van der Waals surface area (Å²) in [7, 11) is 0. The van der Waals surface area contributed by atoms with Gasteiger partial charge in [-0.3, -0.25) is 4.79 Å². The van der Waals surface area contributed by atoms with Gasteiger partial charge in [-0.25, -0.2) is 9.97 Å². The van der Waals surface area contributed by atoms with Gasteiger partial charge in [-0.2, -0.15) is 0 Å². The van der Waals surface area contributed by atoms with Gasteiger partial charge in [0.25, 0.3) is 5.91 Å². The maximum atomic E-state index is 12.3. The highest BCUT2D eigenvalue weighted by atomic mass is 35.5. The Balaban J connectivity index is 2.04. The summed E-state index contributed by atoms with van der Waals surface area (Å²) in [6.45, 7) is 4.80. The third-order valence-electron chi connectivity index (χ3n) is 3.25. The van der Waals surface area contributed by atoms with Crippen LogP contribution in [0.3, 0.4) is 0 Å². The average Bonchev–Trinajstić information content (AvgIpc) is 2.53. The zero-order chi connectivity index (χ0) is 16.7. The van der Waals surface area contributed by atoms with Crippen molar-refractivity contribution in [3.05, 3.63) is 46.7 Å². The minimum Gasteiger partial charge on any atom is -0.354 e. The van der Waals surface area contributed by atoms with E-state index in [-0.39, 0.29) is 5.91 Å². The number of anilines is 2. The fraction of sp³-hybridized carbons (Fsp3) is 0.353. The normalized spacial score (nSPS) is 10.4. The van der Waals surface area contributed by atoms with Gasteiger partial charge in [-0.05, 0) is 43.7 Å². The highest BCUT2D eigenvalue weighted by Gasteiger charge is 2.11. The van der Waals surface area contributed by atoms with Crippen molar-refractivity contribution < 1.29 is 4.79 Å². The van der Waals surface area contributed by atoms with Crippen LogP contribution in [-0.2, 0) is 0 Å². The first kappa shape index (κ1) is 17.2. The minimum absolute atomic E-state index is 0.269. The fourth-order valence-corrected chi connectivity index (χ4v) is 2.19. The number of aryl methyl sites for hydroxylation is 1. The number of rotatable bonds is 7. The second-order valence-electron chi connectivity index (χ2n) is 5.31. The second-order valence-corrected chi connectivity index (χ2v) is 5.75. The largest absolute Gasteiger partial charge is 0.354 e. The van der Waals surface area contributed by atoms with Crippen molar-refractivity contribution in [2.24, 2.45) is 0 Å². The number of halogens is 1. The van der Waals surface area contributed by atoms with Crippen LogP contribution in [0.1, 0.15) is 42.4 Å². The Hall–Kier alpha value is -2.14. The van der Waals surface area contributed by atoms with Gasteiger partial charge in [-0.1, -0.05) is 31.4 Å². The molecule has 1 aromatic carbocycles. The number of hydrogen-bond acceptors (Lipinski definition) is 4. The van der Waals surface area contributed by atoms with Crippen LogP contribution in [0.5, 0.6) is 0 Å². The number of amides is 1. The Kier molecular flexibility index (Phi) is 6.35. The molecule has 0 spiro atoms. The first-order valence-electron chi connectivity index (χ1n) is 7.75. The van der Waals surface area contributed by atoms with Crippen LogP contribution in [-0.4, -0.2) is 22.4 Å². The van der Waals surface area contributed by atoms with Crippen molar-refractivity contribution in [2.45, 2.75) is 33.1 Å². The van der Waals surface area contributed by atoms with Gasteiger partial charge in [-0.15, -0.1) is 0 Å². The molecular formula is C17H21ClN4O. The van der Waals surface area contributed by atoms with Crippen molar-refractivity contribution >= 4 is 29.1 Å². The highest BCUT2D eigenvalue weighted by molar-refractivity contribution is 6.30. The van der Waals surface area contributed by atoms with E-state index in [2.05, 4.69) is 27.5 Å². The van der Waals surface area contributed by atoms with E-state index in [0.29, 0.717) is 22.4 Å². The topological polar surface area (TPSA) is 66.9 Å². The molecule has 0 aliphatic rings. The third kappa shape index (κ3) is 5.53. The Morgan fingerprint density at radius 2 is 1.91 bits per heavy atom. The number of carbonyl (C=O) groups is 1. The van der Waals surface area contributed by atoms with E-state index in [1.807, 2.05) is 6.92 Å².